The Morgan fingerprint density at radius 3 is 2.59 bits per heavy atom. The Kier molecular flexibility index (Phi) is 6.26. The van der Waals surface area contributed by atoms with Gasteiger partial charge in [0.15, 0.2) is 12.4 Å². The van der Waals surface area contributed by atoms with Gasteiger partial charge in [0.2, 0.25) is 0 Å². The van der Waals surface area contributed by atoms with Crippen molar-refractivity contribution >= 4 is 61.8 Å². The number of amides is 2. The number of para-hydroxylation sites is 1. The highest BCUT2D eigenvalue weighted by Crippen LogP contribution is 2.35. The molecule has 27 heavy (non-hydrogen) atoms. The van der Waals surface area contributed by atoms with Crippen LogP contribution in [0, 0.1) is 0 Å². The van der Waals surface area contributed by atoms with E-state index in [0.717, 1.165) is 10.9 Å². The number of carbonyl (C=O) groups excluding carboxylic acids is 2. The van der Waals surface area contributed by atoms with Crippen LogP contribution in [0.1, 0.15) is 0 Å². The Hall–Kier alpha value is -2.22. The highest BCUT2D eigenvalue weighted by Gasteiger charge is 2.12. The molecule has 0 saturated heterocycles. The predicted octanol–water partition coefficient (Wildman–Crippen LogP) is 3.94. The molecule has 3 aromatic rings. The molecular formula is C18H14BrCl2N3O3. The molecule has 0 fully saturated rings. The highest BCUT2D eigenvalue weighted by atomic mass is 79.9. The maximum Gasteiger partial charge on any atom is 0.276 e. The van der Waals surface area contributed by atoms with Crippen molar-refractivity contribution in [3.63, 3.8) is 0 Å². The number of benzene rings is 2. The summed E-state index contributed by atoms with van der Waals surface area (Å²) in [7, 11) is 0. The second-order valence-electron chi connectivity index (χ2n) is 5.59. The van der Waals surface area contributed by atoms with Crippen LogP contribution >= 0.6 is 39.1 Å². The van der Waals surface area contributed by atoms with E-state index in [1.165, 1.54) is 6.07 Å². The van der Waals surface area contributed by atoms with E-state index in [0.29, 0.717) is 15.2 Å². The van der Waals surface area contributed by atoms with Crippen LogP contribution in [0.5, 0.6) is 5.75 Å². The van der Waals surface area contributed by atoms with Crippen molar-refractivity contribution in [2.75, 3.05) is 6.61 Å². The molecule has 2 aromatic carbocycles. The normalized spacial score (nSPS) is 10.6. The van der Waals surface area contributed by atoms with Gasteiger partial charge in [-0.25, -0.2) is 0 Å². The summed E-state index contributed by atoms with van der Waals surface area (Å²) in [6.45, 7) is -0.254. The van der Waals surface area contributed by atoms with Crippen LogP contribution in [-0.2, 0) is 16.1 Å². The number of hydrazine groups is 1. The molecule has 2 N–H and O–H groups in total. The van der Waals surface area contributed by atoms with Crippen molar-refractivity contribution in [1.29, 1.82) is 0 Å². The minimum absolute atomic E-state index is 0.0726. The van der Waals surface area contributed by atoms with Crippen molar-refractivity contribution in [2.24, 2.45) is 0 Å². The lowest BCUT2D eigenvalue weighted by Crippen LogP contribution is -2.45. The smallest absolute Gasteiger partial charge is 0.276 e. The van der Waals surface area contributed by atoms with E-state index in [-0.39, 0.29) is 24.1 Å². The molecule has 0 radical (unpaired) electrons. The summed E-state index contributed by atoms with van der Waals surface area (Å²) in [6.07, 6.45) is 1.81. The zero-order valence-corrected chi connectivity index (χ0v) is 16.9. The Morgan fingerprint density at radius 1 is 1.07 bits per heavy atom. The van der Waals surface area contributed by atoms with E-state index in [9.17, 15) is 9.59 Å². The number of carbonyl (C=O) groups is 2. The summed E-state index contributed by atoms with van der Waals surface area (Å²) in [5.74, 6) is -0.601. The average molecular weight is 471 g/mol. The number of hydrogen-bond donors (Lipinski definition) is 2. The quantitative estimate of drug-likeness (QED) is 0.555. The molecule has 0 bridgehead atoms. The number of nitrogens with zero attached hydrogens (tertiary/aromatic N) is 1. The van der Waals surface area contributed by atoms with Crippen molar-refractivity contribution in [2.45, 2.75) is 6.54 Å². The molecule has 2 amide bonds. The van der Waals surface area contributed by atoms with Crippen LogP contribution in [0.15, 0.2) is 53.1 Å². The van der Waals surface area contributed by atoms with Crippen molar-refractivity contribution in [1.82, 2.24) is 15.4 Å². The van der Waals surface area contributed by atoms with E-state index in [1.54, 1.807) is 10.6 Å². The minimum Gasteiger partial charge on any atom is -0.481 e. The van der Waals surface area contributed by atoms with Crippen molar-refractivity contribution < 1.29 is 14.3 Å². The van der Waals surface area contributed by atoms with Crippen LogP contribution in [0.3, 0.4) is 0 Å². The summed E-state index contributed by atoms with van der Waals surface area (Å²) >= 11 is 15.2. The number of rotatable bonds is 5. The molecule has 1 heterocycles. The maximum atomic E-state index is 12.0. The molecular weight excluding hydrogens is 457 g/mol. The van der Waals surface area contributed by atoms with Gasteiger partial charge in [-0.3, -0.25) is 20.4 Å². The zero-order chi connectivity index (χ0) is 19.4. The monoisotopic (exact) mass is 469 g/mol. The van der Waals surface area contributed by atoms with Crippen LogP contribution in [0.4, 0.5) is 0 Å². The third kappa shape index (κ3) is 4.94. The molecule has 140 valence electrons. The van der Waals surface area contributed by atoms with E-state index >= 15 is 0 Å². The van der Waals surface area contributed by atoms with Gasteiger partial charge >= 0.3 is 0 Å². The standard InChI is InChI=1S/C18H14BrCl2N3O3/c19-13-7-12(20)8-14(21)18(13)27-10-17(26)23-22-16(25)9-24-6-5-11-3-1-2-4-15(11)24/h1-8H,9-10H2,(H,22,25)(H,23,26). The Morgan fingerprint density at radius 2 is 1.81 bits per heavy atom. The Labute approximate surface area is 173 Å². The van der Waals surface area contributed by atoms with Gasteiger partial charge in [0.05, 0.1) is 9.50 Å². The molecule has 9 heteroatoms. The third-order valence-corrected chi connectivity index (χ3v) is 4.73. The fourth-order valence-electron chi connectivity index (χ4n) is 2.45. The van der Waals surface area contributed by atoms with Gasteiger partial charge < -0.3 is 9.30 Å². The Bertz CT molecular complexity index is 983. The number of ether oxygens (including phenoxy) is 1. The lowest BCUT2D eigenvalue weighted by Gasteiger charge is -2.12. The lowest BCUT2D eigenvalue weighted by atomic mass is 10.2. The first kappa shape index (κ1) is 19.5. The number of fused-ring (bicyclic) bond motifs is 1. The SMILES string of the molecule is O=C(COc1c(Cl)cc(Cl)cc1Br)NNC(=O)Cn1ccc2ccccc21. The first-order valence-corrected chi connectivity index (χ1v) is 9.38. The molecule has 0 spiro atoms. The fraction of sp³-hybridized carbons (Fsp3) is 0.111. The predicted molar refractivity (Wildman–Crippen MR) is 108 cm³/mol. The van der Waals surface area contributed by atoms with Crippen LogP contribution in [-0.4, -0.2) is 23.0 Å². The zero-order valence-electron chi connectivity index (χ0n) is 13.8. The van der Waals surface area contributed by atoms with Gasteiger partial charge in [-0.15, -0.1) is 0 Å². The third-order valence-electron chi connectivity index (χ3n) is 3.65. The molecule has 1 aromatic heterocycles. The molecule has 3 rings (SSSR count). The topological polar surface area (TPSA) is 72.4 Å². The molecule has 0 aliphatic rings. The van der Waals surface area contributed by atoms with Gasteiger partial charge in [-0.05, 0) is 45.6 Å². The van der Waals surface area contributed by atoms with Gasteiger partial charge in [0, 0.05) is 16.7 Å². The van der Waals surface area contributed by atoms with Crippen LogP contribution in [0.2, 0.25) is 10.0 Å². The summed E-state index contributed by atoms with van der Waals surface area (Å²) in [6, 6.07) is 12.7. The number of nitrogens with one attached hydrogen (secondary N) is 2. The molecule has 0 unspecified atom stereocenters. The molecule has 0 aliphatic heterocycles. The largest absolute Gasteiger partial charge is 0.481 e. The fourth-order valence-corrected chi connectivity index (χ4v) is 3.82. The highest BCUT2D eigenvalue weighted by molar-refractivity contribution is 9.10. The van der Waals surface area contributed by atoms with E-state index in [1.807, 2.05) is 36.5 Å². The molecule has 6 nitrogen and oxygen atoms in total. The number of aromatic nitrogens is 1. The summed E-state index contributed by atoms with van der Waals surface area (Å²) < 4.78 is 7.69. The van der Waals surface area contributed by atoms with Crippen LogP contribution < -0.4 is 15.6 Å². The van der Waals surface area contributed by atoms with Crippen molar-refractivity contribution in [3.8, 4) is 5.75 Å². The van der Waals surface area contributed by atoms with Gasteiger partial charge in [-0.2, -0.15) is 0 Å². The summed E-state index contributed by atoms with van der Waals surface area (Å²) in [4.78, 5) is 23.9. The molecule has 0 atom stereocenters. The maximum absolute atomic E-state index is 12.0. The lowest BCUT2D eigenvalue weighted by molar-refractivity contribution is -0.130. The summed E-state index contributed by atoms with van der Waals surface area (Å²) in [5.41, 5.74) is 5.59. The average Bonchev–Trinajstić information content (AvgIpc) is 3.02. The second-order valence-corrected chi connectivity index (χ2v) is 7.28. The van der Waals surface area contributed by atoms with Gasteiger partial charge in [0.1, 0.15) is 6.54 Å². The first-order valence-electron chi connectivity index (χ1n) is 7.83. The summed E-state index contributed by atoms with van der Waals surface area (Å²) in [5, 5.41) is 1.74. The Balaban J connectivity index is 1.50. The van der Waals surface area contributed by atoms with Crippen LogP contribution in [0.25, 0.3) is 10.9 Å². The van der Waals surface area contributed by atoms with E-state index in [2.05, 4.69) is 26.8 Å². The first-order chi connectivity index (χ1) is 12.9. The molecule has 0 saturated carbocycles. The van der Waals surface area contributed by atoms with Gasteiger partial charge in [0.25, 0.3) is 11.8 Å². The van der Waals surface area contributed by atoms with E-state index < -0.39 is 5.91 Å². The number of halogens is 3. The minimum atomic E-state index is -0.529. The van der Waals surface area contributed by atoms with Gasteiger partial charge in [-0.1, -0.05) is 41.4 Å². The number of hydrogen-bond acceptors (Lipinski definition) is 3. The van der Waals surface area contributed by atoms with E-state index in [4.69, 9.17) is 27.9 Å². The second kappa shape index (κ2) is 8.65. The molecule has 0 aliphatic carbocycles. The van der Waals surface area contributed by atoms with Crippen molar-refractivity contribution in [3.05, 3.63) is 63.2 Å².